The topological polar surface area (TPSA) is 67.3 Å². The number of ether oxygens (including phenoxy) is 1. The molecule has 0 aromatic carbocycles. The van der Waals surface area contributed by atoms with Crippen molar-refractivity contribution >= 4 is 27.4 Å². The standard InChI is InChI=1S/C15H21N3O2S/c1-4-20-11-7-15(19,14(11,2)3)8-16-13-12-10(5-6-21-12)17-9-18-13/h5-6,9,11,19H,4,7-8H2,1-3H3,(H,16,17,18). The predicted molar refractivity (Wildman–Crippen MR) is 84.7 cm³/mol. The van der Waals surface area contributed by atoms with Gasteiger partial charge in [0.25, 0.3) is 0 Å². The van der Waals surface area contributed by atoms with Gasteiger partial charge in [-0.1, -0.05) is 13.8 Å². The lowest BCUT2D eigenvalue weighted by Crippen LogP contribution is -2.67. The Hall–Kier alpha value is -1.24. The third-order valence-corrected chi connectivity index (χ3v) is 5.60. The van der Waals surface area contributed by atoms with Crippen molar-refractivity contribution in [2.24, 2.45) is 5.41 Å². The molecule has 0 saturated heterocycles. The van der Waals surface area contributed by atoms with Crippen molar-refractivity contribution in [3.05, 3.63) is 17.8 Å². The third kappa shape index (κ3) is 2.31. The molecular weight excluding hydrogens is 286 g/mol. The lowest BCUT2D eigenvalue weighted by molar-refractivity contribution is -0.233. The van der Waals surface area contributed by atoms with E-state index in [9.17, 15) is 5.11 Å². The van der Waals surface area contributed by atoms with Crippen molar-refractivity contribution in [3.8, 4) is 0 Å². The minimum absolute atomic E-state index is 0.112. The molecule has 0 spiro atoms. The van der Waals surface area contributed by atoms with Crippen LogP contribution >= 0.6 is 11.3 Å². The summed E-state index contributed by atoms with van der Waals surface area (Å²) in [6.07, 6.45) is 2.32. The zero-order chi connectivity index (χ0) is 15.1. The van der Waals surface area contributed by atoms with Gasteiger partial charge >= 0.3 is 0 Å². The highest BCUT2D eigenvalue weighted by Gasteiger charge is 2.59. The Morgan fingerprint density at radius 1 is 1.48 bits per heavy atom. The Bertz CT molecular complexity index is 643. The van der Waals surface area contributed by atoms with Gasteiger partial charge in [0.1, 0.15) is 12.1 Å². The molecule has 114 valence electrons. The first-order valence-corrected chi connectivity index (χ1v) is 8.12. The van der Waals surface area contributed by atoms with Gasteiger partial charge < -0.3 is 15.2 Å². The van der Waals surface area contributed by atoms with Gasteiger partial charge in [0.05, 0.1) is 21.9 Å². The predicted octanol–water partition coefficient (Wildman–Crippen LogP) is 2.67. The van der Waals surface area contributed by atoms with Crippen molar-refractivity contribution in [2.45, 2.75) is 38.9 Å². The number of anilines is 1. The summed E-state index contributed by atoms with van der Waals surface area (Å²) in [5, 5.41) is 16.1. The normalized spacial score (nSPS) is 27.5. The van der Waals surface area contributed by atoms with Crippen LogP contribution in [-0.2, 0) is 4.74 Å². The molecule has 2 unspecified atom stereocenters. The fourth-order valence-electron chi connectivity index (χ4n) is 2.91. The lowest BCUT2D eigenvalue weighted by atomic mass is 9.56. The Kier molecular flexibility index (Phi) is 3.63. The van der Waals surface area contributed by atoms with Gasteiger partial charge in [-0.15, -0.1) is 11.3 Å². The van der Waals surface area contributed by atoms with Crippen LogP contribution in [0.15, 0.2) is 17.8 Å². The molecule has 1 fully saturated rings. The van der Waals surface area contributed by atoms with Crippen molar-refractivity contribution in [2.75, 3.05) is 18.5 Å². The van der Waals surface area contributed by atoms with Crippen LogP contribution in [-0.4, -0.2) is 39.9 Å². The van der Waals surface area contributed by atoms with Gasteiger partial charge in [-0.3, -0.25) is 0 Å². The largest absolute Gasteiger partial charge is 0.387 e. The molecule has 2 atom stereocenters. The molecule has 2 aromatic heterocycles. The SMILES string of the molecule is CCOC1CC(O)(CNc2ncnc3ccsc23)C1(C)C. The fourth-order valence-corrected chi connectivity index (χ4v) is 3.72. The van der Waals surface area contributed by atoms with Gasteiger partial charge in [0, 0.05) is 25.0 Å². The highest BCUT2D eigenvalue weighted by Crippen LogP contribution is 2.51. The summed E-state index contributed by atoms with van der Waals surface area (Å²) in [4.78, 5) is 8.51. The van der Waals surface area contributed by atoms with Crippen molar-refractivity contribution in [1.82, 2.24) is 9.97 Å². The minimum Gasteiger partial charge on any atom is -0.387 e. The summed E-state index contributed by atoms with van der Waals surface area (Å²) in [7, 11) is 0. The number of hydrogen-bond donors (Lipinski definition) is 2. The van der Waals surface area contributed by atoms with E-state index in [1.807, 2.05) is 18.4 Å². The van der Waals surface area contributed by atoms with E-state index < -0.39 is 5.60 Å². The van der Waals surface area contributed by atoms with Gasteiger partial charge in [-0.2, -0.15) is 0 Å². The molecule has 5 nitrogen and oxygen atoms in total. The molecule has 1 saturated carbocycles. The zero-order valence-electron chi connectivity index (χ0n) is 12.6. The second-order valence-corrected chi connectivity index (χ2v) is 7.03. The Balaban J connectivity index is 1.72. The van der Waals surface area contributed by atoms with Gasteiger partial charge in [-0.05, 0) is 18.4 Å². The summed E-state index contributed by atoms with van der Waals surface area (Å²) in [6.45, 7) is 7.24. The maximum Gasteiger partial charge on any atom is 0.147 e. The number of aliphatic hydroxyl groups is 1. The van der Waals surface area contributed by atoms with Gasteiger partial charge in [0.15, 0.2) is 0 Å². The van der Waals surface area contributed by atoms with Crippen LogP contribution < -0.4 is 5.32 Å². The molecule has 2 heterocycles. The summed E-state index contributed by atoms with van der Waals surface area (Å²) in [5.74, 6) is 0.791. The average molecular weight is 307 g/mol. The molecule has 21 heavy (non-hydrogen) atoms. The highest BCUT2D eigenvalue weighted by atomic mass is 32.1. The average Bonchev–Trinajstić information content (AvgIpc) is 2.93. The Morgan fingerprint density at radius 2 is 2.29 bits per heavy atom. The quantitative estimate of drug-likeness (QED) is 0.889. The first kappa shape index (κ1) is 14.7. The fraction of sp³-hybridized carbons (Fsp3) is 0.600. The molecule has 0 amide bonds. The molecule has 2 aromatic rings. The molecule has 3 rings (SSSR count). The Morgan fingerprint density at radius 3 is 3.00 bits per heavy atom. The molecule has 2 N–H and O–H groups in total. The lowest BCUT2D eigenvalue weighted by Gasteiger charge is -2.58. The van der Waals surface area contributed by atoms with E-state index in [0.717, 1.165) is 16.0 Å². The van der Waals surface area contributed by atoms with E-state index in [1.54, 1.807) is 17.7 Å². The molecule has 1 aliphatic carbocycles. The van der Waals surface area contributed by atoms with Crippen molar-refractivity contribution in [3.63, 3.8) is 0 Å². The van der Waals surface area contributed by atoms with E-state index >= 15 is 0 Å². The summed E-state index contributed by atoms with van der Waals surface area (Å²) in [6, 6.07) is 1.97. The monoisotopic (exact) mass is 307 g/mol. The van der Waals surface area contributed by atoms with Crippen LogP contribution in [0.2, 0.25) is 0 Å². The molecule has 0 aliphatic heterocycles. The zero-order valence-corrected chi connectivity index (χ0v) is 13.4. The number of hydrogen-bond acceptors (Lipinski definition) is 6. The van der Waals surface area contributed by atoms with Crippen molar-refractivity contribution in [1.29, 1.82) is 0 Å². The van der Waals surface area contributed by atoms with E-state index in [4.69, 9.17) is 4.74 Å². The van der Waals surface area contributed by atoms with Crippen LogP contribution in [0.3, 0.4) is 0 Å². The number of nitrogens with one attached hydrogen (secondary N) is 1. The van der Waals surface area contributed by atoms with Crippen LogP contribution in [0.25, 0.3) is 10.2 Å². The second kappa shape index (κ2) is 5.19. The number of fused-ring (bicyclic) bond motifs is 1. The van der Waals surface area contributed by atoms with Crippen molar-refractivity contribution < 1.29 is 9.84 Å². The third-order valence-electron chi connectivity index (χ3n) is 4.69. The van der Waals surface area contributed by atoms with Crippen LogP contribution in [0.4, 0.5) is 5.82 Å². The summed E-state index contributed by atoms with van der Waals surface area (Å²) in [5.41, 5.74) is -0.108. The van der Waals surface area contributed by atoms with E-state index in [1.165, 1.54) is 0 Å². The van der Waals surface area contributed by atoms with Gasteiger partial charge in [-0.25, -0.2) is 9.97 Å². The second-order valence-electron chi connectivity index (χ2n) is 6.11. The number of nitrogens with zero attached hydrogens (tertiary/aromatic N) is 2. The first-order valence-electron chi connectivity index (χ1n) is 7.24. The maximum absolute atomic E-state index is 10.8. The summed E-state index contributed by atoms with van der Waals surface area (Å²) >= 11 is 1.60. The van der Waals surface area contributed by atoms with Crippen LogP contribution in [0, 0.1) is 5.41 Å². The van der Waals surface area contributed by atoms with E-state index in [-0.39, 0.29) is 11.5 Å². The molecule has 0 radical (unpaired) electrons. The van der Waals surface area contributed by atoms with Crippen LogP contribution in [0.5, 0.6) is 0 Å². The first-order chi connectivity index (χ1) is 9.98. The molecule has 0 bridgehead atoms. The Labute approximate surface area is 128 Å². The summed E-state index contributed by atoms with van der Waals surface area (Å²) < 4.78 is 6.71. The van der Waals surface area contributed by atoms with E-state index in [2.05, 4.69) is 29.1 Å². The molecule has 6 heteroatoms. The molecule has 1 aliphatic rings. The number of aromatic nitrogens is 2. The molecular formula is C15H21N3O2S. The number of rotatable bonds is 5. The maximum atomic E-state index is 10.8. The number of thiophene rings is 1. The van der Waals surface area contributed by atoms with Gasteiger partial charge in [0.2, 0.25) is 0 Å². The highest BCUT2D eigenvalue weighted by molar-refractivity contribution is 7.17. The van der Waals surface area contributed by atoms with E-state index in [0.29, 0.717) is 19.6 Å². The smallest absolute Gasteiger partial charge is 0.147 e. The minimum atomic E-state index is -0.776. The van der Waals surface area contributed by atoms with Crippen LogP contribution in [0.1, 0.15) is 27.2 Å².